The average Bonchev–Trinajstić information content (AvgIpc) is 2.81. The van der Waals surface area contributed by atoms with Gasteiger partial charge in [0, 0.05) is 31.1 Å². The lowest BCUT2D eigenvalue weighted by molar-refractivity contribution is -0.134. The van der Waals surface area contributed by atoms with Crippen molar-refractivity contribution in [2.75, 3.05) is 26.8 Å². The number of ether oxygens (including phenoxy) is 2. The zero-order valence-corrected chi connectivity index (χ0v) is 14.5. The summed E-state index contributed by atoms with van der Waals surface area (Å²) >= 11 is 0. The molecule has 1 amide bonds. The summed E-state index contributed by atoms with van der Waals surface area (Å²) in [5.74, 6) is -0.683. The molecule has 1 fully saturated rings. The molecular formula is C19H23NO5. The number of furan rings is 1. The van der Waals surface area contributed by atoms with Crippen LogP contribution in [0.5, 0.6) is 0 Å². The molecule has 1 aromatic carbocycles. The normalized spacial score (nSPS) is 15.2. The molecule has 0 unspecified atom stereocenters. The third kappa shape index (κ3) is 4.02. The molecule has 2 heterocycles. The summed E-state index contributed by atoms with van der Waals surface area (Å²) < 4.78 is 16.0. The van der Waals surface area contributed by atoms with Crippen molar-refractivity contribution >= 4 is 22.8 Å². The predicted molar refractivity (Wildman–Crippen MR) is 92.3 cm³/mol. The number of fused-ring (bicyclic) bond motifs is 1. The fourth-order valence-corrected chi connectivity index (χ4v) is 3.16. The van der Waals surface area contributed by atoms with E-state index < -0.39 is 5.97 Å². The number of benzene rings is 1. The van der Waals surface area contributed by atoms with Crippen LogP contribution in [0.1, 0.15) is 41.8 Å². The summed E-state index contributed by atoms with van der Waals surface area (Å²) in [7, 11) is 1.56. The van der Waals surface area contributed by atoms with Crippen molar-refractivity contribution < 1.29 is 23.5 Å². The van der Waals surface area contributed by atoms with E-state index in [0.29, 0.717) is 11.1 Å². The van der Waals surface area contributed by atoms with Crippen molar-refractivity contribution in [1.82, 2.24) is 4.90 Å². The molecule has 0 spiro atoms. The number of likely N-dealkylation sites (tertiary alicyclic amines) is 1. The summed E-state index contributed by atoms with van der Waals surface area (Å²) in [6.45, 7) is 1.44. The molecule has 0 N–H and O–H groups in total. The van der Waals surface area contributed by atoms with Gasteiger partial charge >= 0.3 is 5.97 Å². The molecule has 3 rings (SSSR count). The first-order valence-corrected chi connectivity index (χ1v) is 8.65. The van der Waals surface area contributed by atoms with Gasteiger partial charge in [0.05, 0.1) is 6.61 Å². The number of methoxy groups -OCH3 is 1. The van der Waals surface area contributed by atoms with E-state index in [1.54, 1.807) is 18.1 Å². The summed E-state index contributed by atoms with van der Waals surface area (Å²) in [6, 6.07) is 7.36. The Balaban J connectivity index is 1.69. The van der Waals surface area contributed by atoms with Crippen LogP contribution in [0.25, 0.3) is 11.0 Å². The molecule has 1 aliphatic rings. The smallest absolute Gasteiger partial charge is 0.375 e. The number of carbonyl (C=O) groups excluding carboxylic acids is 2. The topological polar surface area (TPSA) is 69.0 Å². The minimum absolute atomic E-state index is 0.103. The Kier molecular flexibility index (Phi) is 5.71. The fraction of sp³-hybridized carbons (Fsp3) is 0.474. The molecule has 6 nitrogen and oxygen atoms in total. The van der Waals surface area contributed by atoms with Crippen LogP contribution in [0.3, 0.4) is 0 Å². The second kappa shape index (κ2) is 8.16. The highest BCUT2D eigenvalue weighted by Gasteiger charge is 2.23. The van der Waals surface area contributed by atoms with Crippen LogP contribution in [0.15, 0.2) is 28.7 Å². The Morgan fingerprint density at radius 3 is 2.56 bits per heavy atom. The van der Waals surface area contributed by atoms with Gasteiger partial charge in [0.25, 0.3) is 5.91 Å². The lowest BCUT2D eigenvalue weighted by Crippen LogP contribution is -2.35. The van der Waals surface area contributed by atoms with Crippen LogP contribution < -0.4 is 0 Å². The first kappa shape index (κ1) is 17.5. The zero-order valence-electron chi connectivity index (χ0n) is 14.5. The van der Waals surface area contributed by atoms with Crippen molar-refractivity contribution in [3.05, 3.63) is 35.6 Å². The van der Waals surface area contributed by atoms with Gasteiger partial charge in [-0.05, 0) is 18.9 Å². The van der Waals surface area contributed by atoms with Crippen molar-refractivity contribution in [2.45, 2.75) is 32.3 Å². The maximum Gasteiger partial charge on any atom is 0.375 e. The van der Waals surface area contributed by atoms with Gasteiger partial charge in [-0.3, -0.25) is 4.79 Å². The maximum atomic E-state index is 12.4. The number of carbonyl (C=O) groups is 2. The average molecular weight is 345 g/mol. The molecule has 6 heteroatoms. The van der Waals surface area contributed by atoms with Crippen molar-refractivity contribution in [2.24, 2.45) is 0 Å². The minimum Gasteiger partial charge on any atom is -0.450 e. The molecule has 1 saturated heterocycles. The zero-order chi connectivity index (χ0) is 17.6. The molecule has 1 aromatic heterocycles. The van der Waals surface area contributed by atoms with E-state index in [0.717, 1.165) is 44.2 Å². The molecule has 0 aliphatic carbocycles. The Morgan fingerprint density at radius 1 is 1.12 bits per heavy atom. The van der Waals surface area contributed by atoms with E-state index >= 15 is 0 Å². The van der Waals surface area contributed by atoms with Gasteiger partial charge in [0.2, 0.25) is 5.76 Å². The molecule has 0 radical (unpaired) electrons. The van der Waals surface area contributed by atoms with Crippen LogP contribution in [0.4, 0.5) is 0 Å². The molecule has 1 aliphatic heterocycles. The summed E-state index contributed by atoms with van der Waals surface area (Å²) in [4.78, 5) is 26.5. The fourth-order valence-electron chi connectivity index (χ4n) is 3.16. The molecule has 0 saturated carbocycles. The van der Waals surface area contributed by atoms with Gasteiger partial charge in [-0.25, -0.2) is 4.79 Å². The monoisotopic (exact) mass is 345 g/mol. The predicted octanol–water partition coefficient (Wildman–Crippen LogP) is 3.14. The minimum atomic E-state index is -0.633. The number of rotatable bonds is 5. The Bertz CT molecular complexity index is 743. The number of nitrogens with zero attached hydrogens (tertiary/aromatic N) is 1. The van der Waals surface area contributed by atoms with E-state index in [1.807, 2.05) is 18.2 Å². The first-order chi connectivity index (χ1) is 12.2. The standard InChI is InChI=1S/C19H23NO5/c1-23-12-15-14-8-4-5-9-16(14)25-18(15)19(22)24-13-17(21)20-10-6-2-3-7-11-20/h4-5,8-9H,2-3,6-7,10-13H2,1H3. The van der Waals surface area contributed by atoms with Gasteiger partial charge in [-0.1, -0.05) is 31.0 Å². The van der Waals surface area contributed by atoms with Crippen molar-refractivity contribution in [3.8, 4) is 0 Å². The number of amides is 1. The Labute approximate surface area is 146 Å². The SMILES string of the molecule is COCc1c(C(=O)OCC(=O)N2CCCCCC2)oc2ccccc12. The lowest BCUT2D eigenvalue weighted by Gasteiger charge is -2.19. The van der Waals surface area contributed by atoms with Gasteiger partial charge in [-0.2, -0.15) is 0 Å². The summed E-state index contributed by atoms with van der Waals surface area (Å²) in [5.41, 5.74) is 1.24. The third-order valence-electron chi connectivity index (χ3n) is 4.46. The van der Waals surface area contributed by atoms with E-state index in [4.69, 9.17) is 13.9 Å². The largest absolute Gasteiger partial charge is 0.450 e. The molecule has 134 valence electrons. The number of esters is 1. The summed E-state index contributed by atoms with van der Waals surface area (Å²) in [5, 5.41) is 0.815. The van der Waals surface area contributed by atoms with Crippen LogP contribution in [0.2, 0.25) is 0 Å². The number of hydrogen-bond donors (Lipinski definition) is 0. The second-order valence-electron chi connectivity index (χ2n) is 6.21. The van der Waals surface area contributed by atoms with Gasteiger partial charge < -0.3 is 18.8 Å². The summed E-state index contributed by atoms with van der Waals surface area (Å²) in [6.07, 6.45) is 4.29. The Morgan fingerprint density at radius 2 is 1.84 bits per heavy atom. The van der Waals surface area contributed by atoms with Crippen LogP contribution in [-0.4, -0.2) is 43.6 Å². The van der Waals surface area contributed by atoms with Gasteiger partial charge in [0.1, 0.15) is 5.58 Å². The van der Waals surface area contributed by atoms with E-state index in [-0.39, 0.29) is 24.9 Å². The first-order valence-electron chi connectivity index (χ1n) is 8.65. The molecular weight excluding hydrogens is 322 g/mol. The second-order valence-corrected chi connectivity index (χ2v) is 6.21. The molecule has 0 bridgehead atoms. The molecule has 25 heavy (non-hydrogen) atoms. The van der Waals surface area contributed by atoms with Gasteiger partial charge in [0.15, 0.2) is 6.61 Å². The van der Waals surface area contributed by atoms with Crippen LogP contribution >= 0.6 is 0 Å². The van der Waals surface area contributed by atoms with E-state index in [1.165, 1.54) is 0 Å². The van der Waals surface area contributed by atoms with Crippen molar-refractivity contribution in [3.63, 3.8) is 0 Å². The highest BCUT2D eigenvalue weighted by Crippen LogP contribution is 2.27. The number of hydrogen-bond acceptors (Lipinski definition) is 5. The highest BCUT2D eigenvalue weighted by molar-refractivity contribution is 5.96. The van der Waals surface area contributed by atoms with E-state index in [9.17, 15) is 9.59 Å². The maximum absolute atomic E-state index is 12.4. The number of para-hydroxylation sites is 1. The van der Waals surface area contributed by atoms with Gasteiger partial charge in [-0.15, -0.1) is 0 Å². The Hall–Kier alpha value is -2.34. The molecule has 2 aromatic rings. The van der Waals surface area contributed by atoms with Crippen molar-refractivity contribution in [1.29, 1.82) is 0 Å². The highest BCUT2D eigenvalue weighted by atomic mass is 16.5. The lowest BCUT2D eigenvalue weighted by atomic mass is 10.1. The quantitative estimate of drug-likeness (QED) is 0.779. The third-order valence-corrected chi connectivity index (χ3v) is 4.46. The van der Waals surface area contributed by atoms with E-state index in [2.05, 4.69) is 0 Å². The van der Waals surface area contributed by atoms with Crippen LogP contribution in [-0.2, 0) is 20.9 Å². The van der Waals surface area contributed by atoms with Crippen LogP contribution in [0, 0.1) is 0 Å². The molecule has 0 atom stereocenters.